The Balaban J connectivity index is 1.84. The van der Waals surface area contributed by atoms with Crippen LogP contribution < -0.4 is 9.04 Å². The molecule has 0 saturated heterocycles. The molecule has 3 aromatic rings. The van der Waals surface area contributed by atoms with Gasteiger partial charge in [0.2, 0.25) is 0 Å². The molecule has 11 heteroatoms. The fraction of sp³-hybridized carbons (Fsp3) is 0.267. The van der Waals surface area contributed by atoms with E-state index in [9.17, 15) is 26.0 Å². The van der Waals surface area contributed by atoms with E-state index in [1.807, 2.05) is 0 Å². The van der Waals surface area contributed by atoms with Crippen molar-refractivity contribution in [3.8, 4) is 5.75 Å². The van der Waals surface area contributed by atoms with Crippen molar-refractivity contribution in [1.82, 2.24) is 0 Å². The van der Waals surface area contributed by atoms with E-state index in [4.69, 9.17) is 21.1 Å². The normalized spacial score (nSPS) is 15.8. The van der Waals surface area contributed by atoms with E-state index < -0.39 is 38.6 Å². The molecule has 0 N–H and O–H groups in total. The summed E-state index contributed by atoms with van der Waals surface area (Å²) in [6.07, 6.45) is -2.96. The summed E-state index contributed by atoms with van der Waals surface area (Å²) in [5.74, 6) is 0.239. The zero-order valence-corrected chi connectivity index (χ0v) is 24.1. The minimum atomic E-state index is -4.72. The molecule has 1 heterocycles. The molecule has 218 valence electrons. The molecule has 0 radical (unpaired) electrons. The number of hydrogen-bond donors (Lipinski definition) is 0. The Morgan fingerprint density at radius 1 is 1.20 bits per heavy atom. The molecule has 1 aliphatic heterocycles. The lowest BCUT2D eigenvalue weighted by Crippen LogP contribution is -2.44. The summed E-state index contributed by atoms with van der Waals surface area (Å²) in [6.45, 7) is 7.03. The number of ether oxygens (including phenoxy) is 2. The van der Waals surface area contributed by atoms with E-state index in [-0.39, 0.29) is 28.6 Å². The third kappa shape index (κ3) is 6.54. The van der Waals surface area contributed by atoms with Crippen molar-refractivity contribution in [1.29, 1.82) is 0 Å². The predicted molar refractivity (Wildman–Crippen MR) is 152 cm³/mol. The molecular weight excluding hydrogens is 582 g/mol. The summed E-state index contributed by atoms with van der Waals surface area (Å²) < 4.78 is 95.1. The smallest absolute Gasteiger partial charge is 0.416 e. The number of halogens is 5. The fourth-order valence-corrected chi connectivity index (χ4v) is 6.50. The third-order valence-electron chi connectivity index (χ3n) is 6.72. The first-order valence-corrected chi connectivity index (χ1v) is 14.4. The molecular formula is C30H28ClF4NO4S. The van der Waals surface area contributed by atoms with Crippen LogP contribution in [0.15, 0.2) is 71.8 Å². The Bertz CT molecular complexity index is 1600. The largest absolute Gasteiger partial charge is 0.502 e. The average Bonchev–Trinajstić information content (AvgIpc) is 2.91. The van der Waals surface area contributed by atoms with Gasteiger partial charge in [-0.2, -0.15) is 13.2 Å². The van der Waals surface area contributed by atoms with Crippen LogP contribution in [0.2, 0.25) is 5.02 Å². The SMILES string of the molecule is C=C(CC[C@H]1CN(S(=O)(=O)c2cccc(C(F)(F)F)c2)c2cc(/C=C(\C)c3c(F)cccc3Cl)cc(C)c2O1)OC. The second-order valence-corrected chi connectivity index (χ2v) is 12.0. The molecule has 4 rings (SSSR count). The lowest BCUT2D eigenvalue weighted by Gasteiger charge is -2.36. The number of methoxy groups -OCH3 is 1. The molecule has 0 spiro atoms. The van der Waals surface area contributed by atoms with Gasteiger partial charge < -0.3 is 9.47 Å². The molecule has 5 nitrogen and oxygen atoms in total. The number of allylic oxidation sites excluding steroid dienone is 2. The van der Waals surface area contributed by atoms with Crippen LogP contribution in [0, 0.1) is 12.7 Å². The van der Waals surface area contributed by atoms with Crippen LogP contribution in [0.5, 0.6) is 5.75 Å². The summed E-state index contributed by atoms with van der Waals surface area (Å²) in [6, 6.07) is 11.3. The van der Waals surface area contributed by atoms with Crippen molar-refractivity contribution >= 4 is 39.0 Å². The minimum absolute atomic E-state index is 0.155. The zero-order chi connectivity index (χ0) is 30.1. The van der Waals surface area contributed by atoms with Gasteiger partial charge in [-0.25, -0.2) is 12.8 Å². The van der Waals surface area contributed by atoms with Gasteiger partial charge in [-0.15, -0.1) is 0 Å². The van der Waals surface area contributed by atoms with Crippen molar-refractivity contribution < 1.29 is 35.5 Å². The van der Waals surface area contributed by atoms with Crippen LogP contribution in [0.3, 0.4) is 0 Å². The number of benzene rings is 3. The van der Waals surface area contributed by atoms with Gasteiger partial charge in [0.05, 0.1) is 40.6 Å². The summed E-state index contributed by atoms with van der Waals surface area (Å²) >= 11 is 6.23. The first-order valence-electron chi connectivity index (χ1n) is 12.6. The van der Waals surface area contributed by atoms with Crippen LogP contribution in [-0.2, 0) is 20.9 Å². The van der Waals surface area contributed by atoms with Gasteiger partial charge >= 0.3 is 6.18 Å². The van der Waals surface area contributed by atoms with Crippen LogP contribution in [0.1, 0.15) is 42.0 Å². The van der Waals surface area contributed by atoms with Gasteiger partial charge in [0.15, 0.2) is 0 Å². The quantitative estimate of drug-likeness (QED) is 0.147. The van der Waals surface area contributed by atoms with Gasteiger partial charge in [0.1, 0.15) is 17.7 Å². The topological polar surface area (TPSA) is 55.8 Å². The highest BCUT2D eigenvalue weighted by Gasteiger charge is 2.37. The monoisotopic (exact) mass is 609 g/mol. The number of anilines is 1. The van der Waals surface area contributed by atoms with E-state index >= 15 is 0 Å². The van der Waals surface area contributed by atoms with Gasteiger partial charge in [-0.1, -0.05) is 36.4 Å². The lowest BCUT2D eigenvalue weighted by atomic mass is 10.0. The number of hydrogen-bond acceptors (Lipinski definition) is 4. The highest BCUT2D eigenvalue weighted by molar-refractivity contribution is 7.92. The van der Waals surface area contributed by atoms with Crippen molar-refractivity contribution in [2.24, 2.45) is 0 Å². The van der Waals surface area contributed by atoms with E-state index in [0.717, 1.165) is 22.5 Å². The molecule has 0 saturated carbocycles. The molecule has 0 aliphatic carbocycles. The number of sulfonamides is 1. The van der Waals surface area contributed by atoms with Crippen molar-refractivity contribution in [2.45, 2.75) is 43.9 Å². The number of nitrogens with zero attached hydrogens (tertiary/aromatic N) is 1. The second kappa shape index (κ2) is 11.8. The number of alkyl halides is 3. The molecule has 0 fully saturated rings. The highest BCUT2D eigenvalue weighted by Crippen LogP contribution is 2.42. The van der Waals surface area contributed by atoms with Crippen LogP contribution in [0.25, 0.3) is 11.6 Å². The van der Waals surface area contributed by atoms with Gasteiger partial charge in [0.25, 0.3) is 10.0 Å². The summed E-state index contributed by atoms with van der Waals surface area (Å²) in [5.41, 5.74) is 0.881. The van der Waals surface area contributed by atoms with Crippen LogP contribution >= 0.6 is 11.6 Å². The Hall–Kier alpha value is -3.50. The molecule has 0 bridgehead atoms. The summed E-state index contributed by atoms with van der Waals surface area (Å²) in [5, 5.41) is 0.214. The summed E-state index contributed by atoms with van der Waals surface area (Å²) in [4.78, 5) is -0.506. The van der Waals surface area contributed by atoms with Crippen molar-refractivity contribution in [2.75, 3.05) is 18.0 Å². The van der Waals surface area contributed by atoms with Crippen LogP contribution in [0.4, 0.5) is 23.2 Å². The molecule has 0 aromatic heterocycles. The maximum Gasteiger partial charge on any atom is 0.416 e. The number of fused-ring (bicyclic) bond motifs is 1. The zero-order valence-electron chi connectivity index (χ0n) is 22.6. The van der Waals surface area contributed by atoms with Gasteiger partial charge in [-0.05, 0) is 79.4 Å². The average molecular weight is 610 g/mol. The van der Waals surface area contributed by atoms with E-state index in [1.54, 1.807) is 38.1 Å². The Morgan fingerprint density at radius 3 is 2.56 bits per heavy atom. The third-order valence-corrected chi connectivity index (χ3v) is 8.81. The van der Waals surface area contributed by atoms with Crippen molar-refractivity contribution in [3.05, 3.63) is 100 Å². The second-order valence-electron chi connectivity index (χ2n) is 9.69. The Kier molecular flexibility index (Phi) is 8.75. The van der Waals surface area contributed by atoms with Gasteiger partial charge in [-0.3, -0.25) is 4.31 Å². The van der Waals surface area contributed by atoms with E-state index in [2.05, 4.69) is 6.58 Å². The maximum atomic E-state index is 14.5. The van der Waals surface area contributed by atoms with E-state index in [1.165, 1.54) is 19.2 Å². The molecule has 1 aliphatic rings. The number of aryl methyl sites for hydroxylation is 1. The Labute approximate surface area is 241 Å². The molecule has 0 amide bonds. The first kappa shape index (κ1) is 30.5. The highest BCUT2D eigenvalue weighted by atomic mass is 35.5. The minimum Gasteiger partial charge on any atom is -0.502 e. The predicted octanol–water partition coefficient (Wildman–Crippen LogP) is 8.26. The molecule has 41 heavy (non-hydrogen) atoms. The lowest BCUT2D eigenvalue weighted by molar-refractivity contribution is -0.137. The first-order chi connectivity index (χ1) is 19.2. The maximum absolute atomic E-state index is 14.5. The Morgan fingerprint density at radius 2 is 1.90 bits per heavy atom. The van der Waals surface area contributed by atoms with Gasteiger partial charge in [0, 0.05) is 12.0 Å². The fourth-order valence-electron chi connectivity index (χ4n) is 4.65. The van der Waals surface area contributed by atoms with Crippen LogP contribution in [-0.4, -0.2) is 28.2 Å². The summed E-state index contributed by atoms with van der Waals surface area (Å²) in [7, 11) is -2.99. The van der Waals surface area contributed by atoms with E-state index in [0.29, 0.717) is 41.4 Å². The molecule has 1 atom stereocenters. The number of rotatable bonds is 8. The molecule has 0 unspecified atom stereocenters. The molecule has 3 aromatic carbocycles. The standard InChI is InChI=1S/C30H28ClF4NO4S/c1-18(28-25(31)9-6-10-26(28)32)13-21-14-19(2)29-27(15-21)36(17-23(40-29)12-11-20(3)39-4)41(37,38)24-8-5-7-22(16-24)30(33,34)35/h5-10,13-16,23H,3,11-12,17H2,1-2,4H3/b18-13+/t23-/m0/s1. The van der Waals surface area contributed by atoms with Crippen molar-refractivity contribution in [3.63, 3.8) is 0 Å².